The van der Waals surface area contributed by atoms with E-state index in [9.17, 15) is 14.0 Å². The van der Waals surface area contributed by atoms with Crippen molar-refractivity contribution in [2.75, 3.05) is 29.9 Å². The van der Waals surface area contributed by atoms with Gasteiger partial charge in [0.15, 0.2) is 0 Å². The van der Waals surface area contributed by atoms with Gasteiger partial charge in [0.25, 0.3) is 0 Å². The van der Waals surface area contributed by atoms with E-state index in [2.05, 4.69) is 10.2 Å². The smallest absolute Gasteiger partial charge is 0.226 e. The van der Waals surface area contributed by atoms with Crippen molar-refractivity contribution in [2.45, 2.75) is 51.5 Å². The summed E-state index contributed by atoms with van der Waals surface area (Å²) in [6.45, 7) is 4.00. The molecule has 6 heteroatoms. The molecule has 0 aromatic heterocycles. The van der Waals surface area contributed by atoms with Crippen LogP contribution in [0.2, 0.25) is 0 Å². The Balaban J connectivity index is 1.71. The quantitative estimate of drug-likeness (QED) is 0.910. The molecule has 1 N–H and O–H groups in total. The zero-order valence-electron chi connectivity index (χ0n) is 14.8. The first-order valence-electron chi connectivity index (χ1n) is 9.17. The second-order valence-electron chi connectivity index (χ2n) is 6.94. The Morgan fingerprint density at radius 1 is 1.16 bits per heavy atom. The van der Waals surface area contributed by atoms with Crippen LogP contribution < -0.4 is 10.2 Å². The van der Waals surface area contributed by atoms with Gasteiger partial charge in [-0.3, -0.25) is 9.59 Å². The largest absolute Gasteiger partial charge is 0.370 e. The fraction of sp³-hybridized carbons (Fsp3) is 0.579. The number of amides is 2. The summed E-state index contributed by atoms with van der Waals surface area (Å²) in [6, 6.07) is 4.81. The fourth-order valence-electron chi connectivity index (χ4n) is 3.89. The third-order valence-corrected chi connectivity index (χ3v) is 5.16. The molecule has 25 heavy (non-hydrogen) atoms. The average Bonchev–Trinajstić information content (AvgIpc) is 3.11. The zero-order chi connectivity index (χ0) is 17.8. The van der Waals surface area contributed by atoms with Crippen LogP contribution in [-0.2, 0) is 9.59 Å². The van der Waals surface area contributed by atoms with Crippen molar-refractivity contribution in [3.63, 3.8) is 0 Å². The highest BCUT2D eigenvalue weighted by atomic mass is 19.1. The molecule has 1 aromatic rings. The predicted molar refractivity (Wildman–Crippen MR) is 96.1 cm³/mol. The Kier molecular flexibility index (Phi) is 5.56. The standard InChI is InChI=1S/C19H26FN3O2/c1-14(24)23-12-3-2-7-15(23)13-18(25)21-19-16(20)8-6-9-17(19)22-10-4-5-11-22/h6,8-9,15H,2-5,7,10-13H2,1H3,(H,21,25)/t15-/m1/s1. The van der Waals surface area contributed by atoms with Crippen LogP contribution in [0.1, 0.15) is 45.4 Å². The first kappa shape index (κ1) is 17.7. The molecule has 136 valence electrons. The van der Waals surface area contributed by atoms with Crippen LogP contribution in [0, 0.1) is 5.82 Å². The molecular weight excluding hydrogens is 321 g/mol. The number of benzene rings is 1. The SMILES string of the molecule is CC(=O)N1CCCC[C@@H]1CC(=O)Nc1c(F)cccc1N1CCCC1. The molecule has 0 aliphatic carbocycles. The number of rotatable bonds is 4. The second kappa shape index (κ2) is 7.85. The summed E-state index contributed by atoms with van der Waals surface area (Å²) >= 11 is 0. The summed E-state index contributed by atoms with van der Waals surface area (Å²) in [4.78, 5) is 28.2. The van der Waals surface area contributed by atoms with Crippen LogP contribution in [0.5, 0.6) is 0 Å². The number of likely N-dealkylation sites (tertiary alicyclic amines) is 1. The van der Waals surface area contributed by atoms with Gasteiger partial charge in [-0.25, -0.2) is 4.39 Å². The topological polar surface area (TPSA) is 52.7 Å². The van der Waals surface area contributed by atoms with E-state index in [-0.39, 0.29) is 30.0 Å². The van der Waals surface area contributed by atoms with Gasteiger partial charge in [0.2, 0.25) is 11.8 Å². The molecule has 0 radical (unpaired) electrons. The van der Waals surface area contributed by atoms with E-state index >= 15 is 0 Å². The number of piperidine rings is 1. The molecule has 0 unspecified atom stereocenters. The maximum atomic E-state index is 14.3. The highest BCUT2D eigenvalue weighted by Crippen LogP contribution is 2.31. The van der Waals surface area contributed by atoms with Crippen molar-refractivity contribution in [3.8, 4) is 0 Å². The van der Waals surface area contributed by atoms with Crippen molar-refractivity contribution in [1.29, 1.82) is 0 Å². The van der Waals surface area contributed by atoms with Crippen molar-refractivity contribution >= 4 is 23.2 Å². The van der Waals surface area contributed by atoms with Gasteiger partial charge in [0.05, 0.1) is 5.69 Å². The van der Waals surface area contributed by atoms with Gasteiger partial charge in [0, 0.05) is 39.0 Å². The van der Waals surface area contributed by atoms with Crippen molar-refractivity contribution in [3.05, 3.63) is 24.0 Å². The molecule has 0 saturated carbocycles. The highest BCUT2D eigenvalue weighted by molar-refractivity contribution is 5.95. The summed E-state index contributed by atoms with van der Waals surface area (Å²) in [5.74, 6) is -0.644. The van der Waals surface area contributed by atoms with E-state index in [0.29, 0.717) is 6.54 Å². The lowest BCUT2D eigenvalue weighted by atomic mass is 9.99. The minimum atomic E-state index is -0.412. The lowest BCUT2D eigenvalue weighted by Gasteiger charge is -2.34. The first-order valence-corrected chi connectivity index (χ1v) is 9.17. The summed E-state index contributed by atoms with van der Waals surface area (Å²) in [5, 5.41) is 2.77. The van der Waals surface area contributed by atoms with E-state index in [4.69, 9.17) is 0 Å². The molecule has 1 atom stereocenters. The van der Waals surface area contributed by atoms with Gasteiger partial charge in [-0.05, 0) is 44.2 Å². The normalized spacial score (nSPS) is 20.6. The van der Waals surface area contributed by atoms with Crippen LogP contribution >= 0.6 is 0 Å². The molecule has 0 bridgehead atoms. The monoisotopic (exact) mass is 347 g/mol. The van der Waals surface area contributed by atoms with Crippen LogP contribution in [0.25, 0.3) is 0 Å². The molecule has 0 spiro atoms. The van der Waals surface area contributed by atoms with E-state index < -0.39 is 5.82 Å². The Morgan fingerprint density at radius 3 is 2.60 bits per heavy atom. The minimum absolute atomic E-state index is 0.00106. The number of anilines is 2. The van der Waals surface area contributed by atoms with Gasteiger partial charge in [-0.2, -0.15) is 0 Å². The molecule has 2 saturated heterocycles. The van der Waals surface area contributed by atoms with Gasteiger partial charge in [0.1, 0.15) is 11.5 Å². The van der Waals surface area contributed by atoms with E-state index in [0.717, 1.165) is 50.9 Å². The maximum Gasteiger partial charge on any atom is 0.226 e. The van der Waals surface area contributed by atoms with Crippen LogP contribution in [0.4, 0.5) is 15.8 Å². The number of hydrogen-bond acceptors (Lipinski definition) is 3. The molecule has 5 nitrogen and oxygen atoms in total. The number of hydrogen-bond donors (Lipinski definition) is 1. The van der Waals surface area contributed by atoms with Gasteiger partial charge in [-0.1, -0.05) is 6.07 Å². The fourth-order valence-corrected chi connectivity index (χ4v) is 3.89. The van der Waals surface area contributed by atoms with Crippen molar-refractivity contribution < 1.29 is 14.0 Å². The average molecular weight is 347 g/mol. The number of nitrogens with one attached hydrogen (secondary N) is 1. The summed E-state index contributed by atoms with van der Waals surface area (Å²) < 4.78 is 14.3. The third kappa shape index (κ3) is 4.11. The van der Waals surface area contributed by atoms with Gasteiger partial charge >= 0.3 is 0 Å². The van der Waals surface area contributed by atoms with E-state index in [1.54, 1.807) is 17.9 Å². The van der Waals surface area contributed by atoms with Crippen molar-refractivity contribution in [1.82, 2.24) is 4.90 Å². The molecule has 2 aliphatic heterocycles. The molecule has 2 amide bonds. The van der Waals surface area contributed by atoms with E-state index in [1.807, 2.05) is 6.07 Å². The molecule has 3 rings (SSSR count). The Labute approximate surface area is 148 Å². The van der Waals surface area contributed by atoms with Gasteiger partial charge in [-0.15, -0.1) is 0 Å². The van der Waals surface area contributed by atoms with Gasteiger partial charge < -0.3 is 15.1 Å². The summed E-state index contributed by atoms with van der Waals surface area (Å²) in [7, 11) is 0. The first-order chi connectivity index (χ1) is 12.1. The lowest BCUT2D eigenvalue weighted by molar-refractivity contribution is -0.133. The van der Waals surface area contributed by atoms with Crippen molar-refractivity contribution in [2.24, 2.45) is 0 Å². The minimum Gasteiger partial charge on any atom is -0.370 e. The Bertz CT molecular complexity index is 644. The molecular formula is C19H26FN3O2. The van der Waals surface area contributed by atoms with Crippen LogP contribution in [0.3, 0.4) is 0 Å². The molecule has 1 aromatic carbocycles. The molecule has 2 heterocycles. The summed E-state index contributed by atoms with van der Waals surface area (Å²) in [5.41, 5.74) is 1.01. The van der Waals surface area contributed by atoms with E-state index in [1.165, 1.54) is 6.07 Å². The Hall–Kier alpha value is -2.11. The summed E-state index contributed by atoms with van der Waals surface area (Å²) in [6.07, 6.45) is 5.19. The van der Waals surface area contributed by atoms with Crippen LogP contribution in [-0.4, -0.2) is 42.4 Å². The number of nitrogens with zero attached hydrogens (tertiary/aromatic N) is 2. The molecule has 2 aliphatic rings. The predicted octanol–water partition coefficient (Wildman–Crippen LogP) is 3.16. The zero-order valence-corrected chi connectivity index (χ0v) is 14.8. The lowest BCUT2D eigenvalue weighted by Crippen LogP contribution is -2.44. The van der Waals surface area contributed by atoms with Crippen LogP contribution in [0.15, 0.2) is 18.2 Å². The highest BCUT2D eigenvalue weighted by Gasteiger charge is 2.27. The Morgan fingerprint density at radius 2 is 1.88 bits per heavy atom. The number of carbonyl (C=O) groups is 2. The molecule has 2 fully saturated rings. The third-order valence-electron chi connectivity index (χ3n) is 5.16. The number of carbonyl (C=O) groups excluding carboxylic acids is 2. The maximum absolute atomic E-state index is 14.3. The second-order valence-corrected chi connectivity index (χ2v) is 6.94. The number of para-hydroxylation sites is 1. The number of halogens is 1.